The molecule has 3 aromatic rings. The zero-order valence-electron chi connectivity index (χ0n) is 17.8. The first-order chi connectivity index (χ1) is 16.0. The number of nitrogens with one attached hydrogen (secondary N) is 2. The first kappa shape index (κ1) is 23.3. The molecule has 9 nitrogen and oxygen atoms in total. The van der Waals surface area contributed by atoms with E-state index < -0.39 is 36.4 Å². The Kier molecular flexibility index (Phi) is 7.96. The van der Waals surface area contributed by atoms with Crippen molar-refractivity contribution in [2.24, 2.45) is 0 Å². The number of carbonyl (C=O) groups is 4. The van der Waals surface area contributed by atoms with Crippen LogP contribution in [-0.2, 0) is 25.5 Å². The third-order valence-electron chi connectivity index (χ3n) is 4.56. The number of amides is 2. The number of hydrogen-bond acceptors (Lipinski definition) is 7. The van der Waals surface area contributed by atoms with Gasteiger partial charge in [-0.2, -0.15) is 0 Å². The topological polar surface area (TPSA) is 124 Å². The van der Waals surface area contributed by atoms with Gasteiger partial charge in [-0.15, -0.1) is 0 Å². The van der Waals surface area contributed by atoms with Crippen molar-refractivity contribution < 1.29 is 33.1 Å². The molecular weight excluding hydrogens is 428 g/mol. The predicted octanol–water partition coefficient (Wildman–Crippen LogP) is 2.59. The van der Waals surface area contributed by atoms with Gasteiger partial charge in [-0.3, -0.25) is 9.59 Å². The largest absolute Gasteiger partial charge is 0.467 e. The van der Waals surface area contributed by atoms with Crippen molar-refractivity contribution in [3.63, 3.8) is 0 Å². The second-order valence-electron chi connectivity index (χ2n) is 6.92. The molecule has 0 saturated heterocycles. The fourth-order valence-electron chi connectivity index (χ4n) is 2.93. The highest BCUT2D eigenvalue weighted by Gasteiger charge is 2.22. The van der Waals surface area contributed by atoms with Crippen LogP contribution in [0.5, 0.6) is 0 Å². The molecule has 0 saturated carbocycles. The summed E-state index contributed by atoms with van der Waals surface area (Å²) < 4.78 is 14.8. The lowest BCUT2D eigenvalue weighted by molar-refractivity contribution is -0.145. The Morgan fingerprint density at radius 2 is 1.67 bits per heavy atom. The number of ether oxygens (including phenoxy) is 2. The molecular formula is C24H22N2O7. The summed E-state index contributed by atoms with van der Waals surface area (Å²) in [5, 5.41) is 5.15. The van der Waals surface area contributed by atoms with E-state index >= 15 is 0 Å². The number of anilines is 1. The number of methoxy groups -OCH3 is 1. The third kappa shape index (κ3) is 6.79. The Hall–Kier alpha value is -4.40. The highest BCUT2D eigenvalue weighted by Crippen LogP contribution is 2.13. The molecule has 0 aliphatic rings. The summed E-state index contributed by atoms with van der Waals surface area (Å²) in [4.78, 5) is 48.5. The van der Waals surface area contributed by atoms with E-state index in [-0.39, 0.29) is 17.7 Å². The maximum absolute atomic E-state index is 12.2. The van der Waals surface area contributed by atoms with Crippen LogP contribution in [0.3, 0.4) is 0 Å². The van der Waals surface area contributed by atoms with Crippen LogP contribution in [0.4, 0.5) is 5.69 Å². The fourth-order valence-corrected chi connectivity index (χ4v) is 2.93. The lowest BCUT2D eigenvalue weighted by Crippen LogP contribution is -2.44. The SMILES string of the molecule is COC(=O)C(Cc1ccccc1)NC(=O)COC(=O)c1ccc(NC(=O)c2ccco2)cc1. The van der Waals surface area contributed by atoms with Gasteiger partial charge in [0.2, 0.25) is 0 Å². The van der Waals surface area contributed by atoms with Crippen molar-refractivity contribution in [3.8, 4) is 0 Å². The summed E-state index contributed by atoms with van der Waals surface area (Å²) in [6.07, 6.45) is 1.62. The summed E-state index contributed by atoms with van der Waals surface area (Å²) in [5.74, 6) is -2.25. The van der Waals surface area contributed by atoms with Crippen LogP contribution in [0.25, 0.3) is 0 Å². The molecule has 0 fully saturated rings. The number of hydrogen-bond donors (Lipinski definition) is 2. The van der Waals surface area contributed by atoms with E-state index in [0.717, 1.165) is 5.56 Å². The van der Waals surface area contributed by atoms with Gasteiger partial charge in [0, 0.05) is 12.1 Å². The molecule has 1 aromatic heterocycles. The summed E-state index contributed by atoms with van der Waals surface area (Å²) in [6, 6.07) is 17.3. The maximum Gasteiger partial charge on any atom is 0.338 e. The van der Waals surface area contributed by atoms with Crippen LogP contribution in [0.1, 0.15) is 26.5 Å². The smallest absolute Gasteiger partial charge is 0.338 e. The van der Waals surface area contributed by atoms with Crippen molar-refractivity contribution in [1.82, 2.24) is 5.32 Å². The molecule has 170 valence electrons. The van der Waals surface area contributed by atoms with Gasteiger partial charge in [-0.25, -0.2) is 9.59 Å². The van der Waals surface area contributed by atoms with Crippen molar-refractivity contribution in [2.45, 2.75) is 12.5 Å². The van der Waals surface area contributed by atoms with Gasteiger partial charge in [-0.1, -0.05) is 30.3 Å². The molecule has 0 radical (unpaired) electrons. The second-order valence-corrected chi connectivity index (χ2v) is 6.92. The van der Waals surface area contributed by atoms with E-state index in [1.54, 1.807) is 6.07 Å². The minimum Gasteiger partial charge on any atom is -0.467 e. The van der Waals surface area contributed by atoms with Crippen molar-refractivity contribution in [3.05, 3.63) is 89.9 Å². The predicted molar refractivity (Wildman–Crippen MR) is 117 cm³/mol. The monoisotopic (exact) mass is 450 g/mol. The quantitative estimate of drug-likeness (QED) is 0.480. The van der Waals surface area contributed by atoms with Crippen LogP contribution >= 0.6 is 0 Å². The Morgan fingerprint density at radius 3 is 2.30 bits per heavy atom. The first-order valence-corrected chi connectivity index (χ1v) is 9.99. The molecule has 2 amide bonds. The highest BCUT2D eigenvalue weighted by atomic mass is 16.5. The summed E-state index contributed by atoms with van der Waals surface area (Å²) in [6.45, 7) is -0.571. The fraction of sp³-hybridized carbons (Fsp3) is 0.167. The van der Waals surface area contributed by atoms with Gasteiger partial charge >= 0.3 is 11.9 Å². The molecule has 9 heteroatoms. The van der Waals surface area contributed by atoms with Crippen molar-refractivity contribution in [2.75, 3.05) is 19.0 Å². The van der Waals surface area contributed by atoms with Crippen LogP contribution in [0, 0.1) is 0 Å². The molecule has 33 heavy (non-hydrogen) atoms. The van der Waals surface area contributed by atoms with Gasteiger partial charge < -0.3 is 24.5 Å². The van der Waals surface area contributed by atoms with Gasteiger partial charge in [-0.05, 0) is 42.0 Å². The summed E-state index contributed by atoms with van der Waals surface area (Å²) >= 11 is 0. The first-order valence-electron chi connectivity index (χ1n) is 9.99. The van der Waals surface area contributed by atoms with Crippen molar-refractivity contribution in [1.29, 1.82) is 0 Å². The molecule has 3 rings (SSSR count). The van der Waals surface area contributed by atoms with E-state index in [2.05, 4.69) is 10.6 Å². The average Bonchev–Trinajstić information content (AvgIpc) is 3.38. The molecule has 1 atom stereocenters. The number of carbonyl (C=O) groups excluding carboxylic acids is 4. The van der Waals surface area contributed by atoms with Gasteiger partial charge in [0.1, 0.15) is 6.04 Å². The Balaban J connectivity index is 1.50. The van der Waals surface area contributed by atoms with Gasteiger partial charge in [0.05, 0.1) is 18.9 Å². The molecule has 0 bridgehead atoms. The molecule has 2 aromatic carbocycles. The van der Waals surface area contributed by atoms with Gasteiger partial charge in [0.25, 0.3) is 11.8 Å². The minimum absolute atomic E-state index is 0.155. The molecule has 0 aliphatic carbocycles. The van der Waals surface area contributed by atoms with Crippen LogP contribution in [-0.4, -0.2) is 43.5 Å². The second kappa shape index (κ2) is 11.3. The third-order valence-corrected chi connectivity index (χ3v) is 4.56. The van der Waals surface area contributed by atoms with Gasteiger partial charge in [0.15, 0.2) is 12.4 Å². The zero-order chi connectivity index (χ0) is 23.6. The lowest BCUT2D eigenvalue weighted by atomic mass is 10.1. The van der Waals surface area contributed by atoms with Crippen LogP contribution in [0.15, 0.2) is 77.4 Å². The Bertz CT molecular complexity index is 1090. The normalized spacial score (nSPS) is 11.2. The molecule has 0 spiro atoms. The highest BCUT2D eigenvalue weighted by molar-refractivity contribution is 6.02. The molecule has 1 heterocycles. The van der Waals surface area contributed by atoms with E-state index in [9.17, 15) is 19.2 Å². The molecule has 2 N–H and O–H groups in total. The minimum atomic E-state index is -0.916. The zero-order valence-corrected chi connectivity index (χ0v) is 17.8. The maximum atomic E-state index is 12.2. The molecule has 1 unspecified atom stereocenters. The number of benzene rings is 2. The molecule has 0 aliphatic heterocycles. The number of esters is 2. The van der Waals surface area contributed by atoms with E-state index in [1.807, 2.05) is 30.3 Å². The summed E-state index contributed by atoms with van der Waals surface area (Å²) in [5.41, 5.74) is 1.48. The number of rotatable bonds is 9. The van der Waals surface area contributed by atoms with E-state index in [0.29, 0.717) is 5.69 Å². The van der Waals surface area contributed by atoms with Crippen LogP contribution < -0.4 is 10.6 Å². The average molecular weight is 450 g/mol. The van der Waals surface area contributed by atoms with Crippen LogP contribution in [0.2, 0.25) is 0 Å². The lowest BCUT2D eigenvalue weighted by Gasteiger charge is -2.16. The van der Waals surface area contributed by atoms with Crippen molar-refractivity contribution >= 4 is 29.4 Å². The number of furan rings is 1. The Morgan fingerprint density at radius 1 is 0.939 bits per heavy atom. The van der Waals surface area contributed by atoms with E-state index in [4.69, 9.17) is 13.9 Å². The summed E-state index contributed by atoms with van der Waals surface area (Å²) in [7, 11) is 1.23. The van der Waals surface area contributed by atoms with E-state index in [1.165, 1.54) is 43.7 Å². The standard InChI is InChI=1S/C24H22N2O7/c1-31-24(30)19(14-16-6-3-2-4-7-16)26-21(27)15-33-23(29)17-9-11-18(12-10-17)25-22(28)20-8-5-13-32-20/h2-13,19H,14-15H2,1H3,(H,25,28)(H,26,27). The Labute approximate surface area is 189 Å².